The summed E-state index contributed by atoms with van der Waals surface area (Å²) in [5.41, 5.74) is -0.155. The summed E-state index contributed by atoms with van der Waals surface area (Å²) in [6.07, 6.45) is 0. The highest BCUT2D eigenvalue weighted by molar-refractivity contribution is 6.07. The summed E-state index contributed by atoms with van der Waals surface area (Å²) in [7, 11) is 0. The van der Waals surface area contributed by atoms with Gasteiger partial charge in [-0.15, -0.1) is 0 Å². The van der Waals surface area contributed by atoms with Crippen LogP contribution in [0.3, 0.4) is 0 Å². The lowest BCUT2D eigenvalue weighted by Crippen LogP contribution is -2.36. The third-order valence-electron chi connectivity index (χ3n) is 5.60. The summed E-state index contributed by atoms with van der Waals surface area (Å²) < 4.78 is 54.0. The Bertz CT molecular complexity index is 1240. The molecule has 5 nitrogen and oxygen atoms in total. The Hall–Kier alpha value is -3.75. The number of anilines is 1. The van der Waals surface area contributed by atoms with Crippen LogP contribution in [0, 0.1) is 23.3 Å². The highest BCUT2D eigenvalue weighted by Crippen LogP contribution is 2.41. The molecule has 0 atom stereocenters. The number of benzene rings is 2. The Balaban J connectivity index is 1.59. The summed E-state index contributed by atoms with van der Waals surface area (Å²) in [4.78, 5) is 31.4. The predicted octanol–water partition coefficient (Wildman–Crippen LogP) is 4.39. The van der Waals surface area contributed by atoms with E-state index in [-0.39, 0.29) is 24.0 Å². The quantitative estimate of drug-likeness (QED) is 0.578. The fourth-order valence-electron chi connectivity index (χ4n) is 3.74. The molecule has 3 aromatic rings. The smallest absolute Gasteiger partial charge is 0.270 e. The average Bonchev–Trinajstić information content (AvgIpc) is 2.94. The molecule has 33 heavy (non-hydrogen) atoms. The van der Waals surface area contributed by atoms with Crippen molar-refractivity contribution in [1.29, 1.82) is 0 Å². The number of carbonyl (C=O) groups is 2. The van der Waals surface area contributed by atoms with Crippen LogP contribution in [0.4, 0.5) is 23.4 Å². The first-order valence-electron chi connectivity index (χ1n) is 10.1. The van der Waals surface area contributed by atoms with Crippen molar-refractivity contribution in [2.75, 3.05) is 4.90 Å². The molecule has 1 aliphatic rings. The summed E-state index contributed by atoms with van der Waals surface area (Å²) >= 11 is 0. The number of carbonyl (C=O) groups excluding carboxylic acids is 2. The molecule has 0 aliphatic carbocycles. The Kier molecular flexibility index (Phi) is 5.65. The van der Waals surface area contributed by atoms with Gasteiger partial charge in [-0.3, -0.25) is 14.5 Å². The van der Waals surface area contributed by atoms with Gasteiger partial charge < -0.3 is 5.32 Å². The second-order valence-corrected chi connectivity index (χ2v) is 8.24. The molecule has 9 heteroatoms. The third-order valence-corrected chi connectivity index (χ3v) is 5.60. The minimum atomic E-state index is -1.12. The average molecular weight is 457 g/mol. The monoisotopic (exact) mass is 457 g/mol. The van der Waals surface area contributed by atoms with Crippen LogP contribution >= 0.6 is 0 Å². The number of fused-ring (bicyclic) bond motifs is 1. The first kappa shape index (κ1) is 22.4. The van der Waals surface area contributed by atoms with E-state index in [1.807, 2.05) is 0 Å². The SMILES string of the molecule is CC1(C)C(=O)N(Cc2ccc(F)cc2)c2nc(C(=O)NCc3c(F)cc(F)cc3F)ccc21. The Labute approximate surface area is 187 Å². The maximum absolute atomic E-state index is 13.8. The van der Waals surface area contributed by atoms with E-state index in [1.165, 1.54) is 23.1 Å². The van der Waals surface area contributed by atoms with E-state index in [1.54, 1.807) is 32.0 Å². The van der Waals surface area contributed by atoms with E-state index in [9.17, 15) is 27.2 Å². The fraction of sp³-hybridized carbons (Fsp3) is 0.208. The van der Waals surface area contributed by atoms with E-state index < -0.39 is 46.7 Å². The highest BCUT2D eigenvalue weighted by atomic mass is 19.1. The summed E-state index contributed by atoms with van der Waals surface area (Å²) in [5, 5.41) is 2.36. The number of aromatic nitrogens is 1. The zero-order valence-corrected chi connectivity index (χ0v) is 17.8. The van der Waals surface area contributed by atoms with Crippen molar-refractivity contribution in [3.8, 4) is 0 Å². The molecule has 1 aliphatic heterocycles. The molecule has 0 radical (unpaired) electrons. The molecular formula is C24H19F4N3O2. The lowest BCUT2D eigenvalue weighted by atomic mass is 9.87. The van der Waals surface area contributed by atoms with E-state index in [0.29, 0.717) is 23.3 Å². The van der Waals surface area contributed by atoms with Crippen molar-refractivity contribution in [1.82, 2.24) is 10.3 Å². The number of rotatable bonds is 5. The zero-order chi connectivity index (χ0) is 23.9. The zero-order valence-electron chi connectivity index (χ0n) is 17.8. The number of amides is 2. The molecule has 4 rings (SSSR count). The topological polar surface area (TPSA) is 62.3 Å². The molecule has 170 valence electrons. The Morgan fingerprint density at radius 2 is 1.61 bits per heavy atom. The normalized spacial score (nSPS) is 14.4. The minimum Gasteiger partial charge on any atom is -0.346 e. The number of halogens is 4. The number of hydrogen-bond acceptors (Lipinski definition) is 3. The number of nitrogens with one attached hydrogen (secondary N) is 1. The lowest BCUT2D eigenvalue weighted by molar-refractivity contribution is -0.122. The molecule has 0 unspecified atom stereocenters. The minimum absolute atomic E-state index is 0.0636. The maximum atomic E-state index is 13.8. The molecule has 0 spiro atoms. The number of nitrogens with zero attached hydrogens (tertiary/aromatic N) is 2. The summed E-state index contributed by atoms with van der Waals surface area (Å²) in [6.45, 7) is 3.08. The van der Waals surface area contributed by atoms with Crippen LogP contribution in [0.2, 0.25) is 0 Å². The van der Waals surface area contributed by atoms with Crippen molar-refractivity contribution in [2.45, 2.75) is 32.4 Å². The molecule has 0 fully saturated rings. The number of pyridine rings is 1. The largest absolute Gasteiger partial charge is 0.346 e. The van der Waals surface area contributed by atoms with E-state index >= 15 is 0 Å². The lowest BCUT2D eigenvalue weighted by Gasteiger charge is -2.20. The van der Waals surface area contributed by atoms with E-state index in [0.717, 1.165) is 0 Å². The van der Waals surface area contributed by atoms with Gasteiger partial charge in [0.2, 0.25) is 5.91 Å². The fourth-order valence-corrected chi connectivity index (χ4v) is 3.74. The maximum Gasteiger partial charge on any atom is 0.270 e. The van der Waals surface area contributed by atoms with E-state index in [2.05, 4.69) is 10.3 Å². The van der Waals surface area contributed by atoms with Gasteiger partial charge in [-0.1, -0.05) is 18.2 Å². The second kappa shape index (κ2) is 8.31. The molecule has 0 bridgehead atoms. The van der Waals surface area contributed by atoms with Crippen LogP contribution in [0.1, 0.15) is 41.0 Å². The van der Waals surface area contributed by atoms with Crippen molar-refractivity contribution in [3.63, 3.8) is 0 Å². The van der Waals surface area contributed by atoms with Gasteiger partial charge in [-0.05, 0) is 37.6 Å². The van der Waals surface area contributed by atoms with Crippen LogP contribution < -0.4 is 10.2 Å². The van der Waals surface area contributed by atoms with Gasteiger partial charge in [0, 0.05) is 29.8 Å². The van der Waals surface area contributed by atoms with Crippen LogP contribution in [0.5, 0.6) is 0 Å². The third kappa shape index (κ3) is 4.18. The molecular weight excluding hydrogens is 438 g/mol. The molecule has 2 amide bonds. The summed E-state index contributed by atoms with van der Waals surface area (Å²) in [6, 6.07) is 9.76. The van der Waals surface area contributed by atoms with Gasteiger partial charge in [0.05, 0.1) is 12.0 Å². The van der Waals surface area contributed by atoms with Crippen LogP contribution in [0.25, 0.3) is 0 Å². The predicted molar refractivity (Wildman–Crippen MR) is 112 cm³/mol. The molecule has 1 N–H and O–H groups in total. The molecule has 2 aromatic carbocycles. The van der Waals surface area contributed by atoms with Crippen molar-refractivity contribution in [3.05, 3.63) is 94.2 Å². The second-order valence-electron chi connectivity index (χ2n) is 8.24. The Morgan fingerprint density at radius 1 is 0.970 bits per heavy atom. The van der Waals surface area contributed by atoms with Gasteiger partial charge in [0.15, 0.2) is 0 Å². The van der Waals surface area contributed by atoms with Gasteiger partial charge in [-0.25, -0.2) is 22.5 Å². The van der Waals surface area contributed by atoms with Crippen LogP contribution in [0.15, 0.2) is 48.5 Å². The molecule has 0 saturated carbocycles. The van der Waals surface area contributed by atoms with Crippen LogP contribution in [-0.4, -0.2) is 16.8 Å². The van der Waals surface area contributed by atoms with Crippen LogP contribution in [-0.2, 0) is 23.3 Å². The first-order chi connectivity index (χ1) is 15.6. The summed E-state index contributed by atoms with van der Waals surface area (Å²) in [5.74, 6) is -4.38. The standard InChI is InChI=1S/C24H19F4N3O2/c1-24(2)17-7-8-20(22(32)29-11-16-18(27)9-15(26)10-19(16)28)30-21(17)31(23(24)33)12-13-3-5-14(25)6-4-13/h3-10H,11-12H2,1-2H3,(H,29,32). The Morgan fingerprint density at radius 3 is 2.24 bits per heavy atom. The van der Waals surface area contributed by atoms with Gasteiger partial charge in [0.25, 0.3) is 5.91 Å². The van der Waals surface area contributed by atoms with Crippen molar-refractivity contribution >= 4 is 17.6 Å². The molecule has 2 heterocycles. The highest BCUT2D eigenvalue weighted by Gasteiger charge is 2.45. The number of hydrogen-bond donors (Lipinski definition) is 1. The van der Waals surface area contributed by atoms with Crippen molar-refractivity contribution in [2.24, 2.45) is 0 Å². The van der Waals surface area contributed by atoms with Gasteiger partial charge >= 0.3 is 0 Å². The van der Waals surface area contributed by atoms with E-state index in [4.69, 9.17) is 0 Å². The first-order valence-corrected chi connectivity index (χ1v) is 10.1. The van der Waals surface area contributed by atoms with Gasteiger partial charge in [-0.2, -0.15) is 0 Å². The van der Waals surface area contributed by atoms with Gasteiger partial charge in [0.1, 0.15) is 34.8 Å². The molecule has 0 saturated heterocycles. The molecule has 1 aromatic heterocycles. The van der Waals surface area contributed by atoms with Crippen molar-refractivity contribution < 1.29 is 27.2 Å².